The largest absolute Gasteiger partial charge is 0.477 e. The van der Waals surface area contributed by atoms with Crippen LogP contribution in [-0.2, 0) is 23.9 Å². The number of esters is 1. The van der Waals surface area contributed by atoms with E-state index >= 15 is 0 Å². The molecule has 3 heterocycles. The van der Waals surface area contributed by atoms with E-state index < -0.39 is 53.2 Å². The highest BCUT2D eigenvalue weighted by Gasteiger charge is 2.53. The number of carboxylic acid groups (broad SMARTS) is 1. The first kappa shape index (κ1) is 35.8. The molecule has 12 heteroatoms. The molecule has 3 aromatic carbocycles. The number of carbonyl (C=O) groups excluding carboxylic acids is 4. The van der Waals surface area contributed by atoms with Crippen LogP contribution < -0.4 is 10.6 Å². The zero-order valence-corrected chi connectivity index (χ0v) is 28.8. The maximum absolute atomic E-state index is 13.8. The quantitative estimate of drug-likeness (QED) is 0.119. The molecule has 3 N–H and O–H groups in total. The van der Waals surface area contributed by atoms with Crippen LogP contribution in [0.4, 0.5) is 0 Å². The third-order valence-corrected chi connectivity index (χ3v) is 9.94. The molecular weight excluding hydrogens is 681 g/mol. The Morgan fingerprint density at radius 3 is 2.17 bits per heavy atom. The number of aliphatic carboxylic acids is 1. The van der Waals surface area contributed by atoms with Gasteiger partial charge < -0.3 is 20.5 Å². The van der Waals surface area contributed by atoms with Crippen molar-refractivity contribution in [1.82, 2.24) is 20.5 Å². The zero-order chi connectivity index (χ0) is 36.5. The minimum absolute atomic E-state index is 0.0479. The Labute approximate surface area is 304 Å². The van der Waals surface area contributed by atoms with Crippen molar-refractivity contribution in [1.29, 1.82) is 0 Å². The molecule has 4 aromatic rings. The molecule has 1 aromatic heterocycles. The van der Waals surface area contributed by atoms with Gasteiger partial charge in [0.2, 0.25) is 5.91 Å². The molecule has 2 aliphatic heterocycles. The predicted octanol–water partition coefficient (Wildman–Crippen LogP) is 5.14. The van der Waals surface area contributed by atoms with Gasteiger partial charge in [0.05, 0.1) is 0 Å². The summed E-state index contributed by atoms with van der Waals surface area (Å²) < 4.78 is 6.06. The molecule has 11 nitrogen and oxygen atoms in total. The molecule has 6 rings (SSSR count). The van der Waals surface area contributed by atoms with E-state index in [9.17, 15) is 29.1 Å². The van der Waals surface area contributed by atoms with Gasteiger partial charge in [0.1, 0.15) is 23.2 Å². The number of amides is 3. The van der Waals surface area contributed by atoms with Gasteiger partial charge in [-0.25, -0.2) is 9.59 Å². The van der Waals surface area contributed by atoms with Crippen molar-refractivity contribution in [3.8, 4) is 0 Å². The van der Waals surface area contributed by atoms with E-state index in [0.717, 1.165) is 16.7 Å². The lowest BCUT2D eigenvalue weighted by atomic mass is 10.0. The average Bonchev–Trinajstić information content (AvgIpc) is 3.18. The number of allylic oxidation sites excluding steroid dienone is 1. The number of benzene rings is 3. The number of carboxylic acids is 1. The molecule has 3 amide bonds. The van der Waals surface area contributed by atoms with Crippen molar-refractivity contribution in [2.45, 2.75) is 42.8 Å². The van der Waals surface area contributed by atoms with Crippen LogP contribution in [0.25, 0.3) is 6.08 Å². The molecular formula is C40H36N4O7S. The molecule has 2 aliphatic rings. The van der Waals surface area contributed by atoms with Gasteiger partial charge in [0.15, 0.2) is 6.10 Å². The number of aromatic nitrogens is 1. The van der Waals surface area contributed by atoms with E-state index in [1.165, 1.54) is 16.7 Å². The Hall–Kier alpha value is -6.01. The number of hydrogen-bond donors (Lipinski definition) is 3. The van der Waals surface area contributed by atoms with E-state index in [4.69, 9.17) is 4.74 Å². The number of pyridine rings is 1. The SMILES string of the molecule is O=C(CCCC(NC(=O)c1ccccc1)C(=O)OC(c1ccccc1)c1ccccc1)NC1C(=O)N2C(C(=O)O)=C(C=Cc3cccnc3)CS[C@@H]12. The van der Waals surface area contributed by atoms with Crippen LogP contribution >= 0.6 is 11.8 Å². The summed E-state index contributed by atoms with van der Waals surface area (Å²) in [7, 11) is 0. The minimum atomic E-state index is -1.23. The van der Waals surface area contributed by atoms with Gasteiger partial charge >= 0.3 is 11.9 Å². The highest BCUT2D eigenvalue weighted by atomic mass is 32.2. The topological polar surface area (TPSA) is 155 Å². The predicted molar refractivity (Wildman–Crippen MR) is 195 cm³/mol. The molecule has 0 aliphatic carbocycles. The van der Waals surface area contributed by atoms with Crippen molar-refractivity contribution in [3.05, 3.63) is 155 Å². The Morgan fingerprint density at radius 1 is 0.904 bits per heavy atom. The molecule has 264 valence electrons. The smallest absolute Gasteiger partial charge is 0.352 e. The summed E-state index contributed by atoms with van der Waals surface area (Å²) in [4.78, 5) is 70.7. The van der Waals surface area contributed by atoms with Crippen molar-refractivity contribution in [3.63, 3.8) is 0 Å². The summed E-state index contributed by atoms with van der Waals surface area (Å²) in [6.45, 7) is 0. The van der Waals surface area contributed by atoms with Crippen LogP contribution in [-0.4, -0.2) is 67.9 Å². The molecule has 1 fully saturated rings. The lowest BCUT2D eigenvalue weighted by molar-refractivity contribution is -0.151. The summed E-state index contributed by atoms with van der Waals surface area (Å²) in [6.07, 6.45) is 6.19. The van der Waals surface area contributed by atoms with E-state index in [2.05, 4.69) is 15.6 Å². The van der Waals surface area contributed by atoms with Crippen molar-refractivity contribution in [2.75, 3.05) is 5.75 Å². The summed E-state index contributed by atoms with van der Waals surface area (Å²) in [5.74, 6) is -2.97. The fraction of sp³-hybridized carbons (Fsp3) is 0.200. The number of ether oxygens (including phenoxy) is 1. The molecule has 52 heavy (non-hydrogen) atoms. The monoisotopic (exact) mass is 716 g/mol. The first-order valence-electron chi connectivity index (χ1n) is 16.7. The number of fused-ring (bicyclic) bond motifs is 1. The van der Waals surface area contributed by atoms with Gasteiger partial charge in [-0.1, -0.05) is 97.1 Å². The van der Waals surface area contributed by atoms with E-state index in [0.29, 0.717) is 16.9 Å². The van der Waals surface area contributed by atoms with Gasteiger partial charge in [0, 0.05) is 30.1 Å². The number of β-lactam (4-membered cyclic amide) rings is 1. The number of rotatable bonds is 14. The van der Waals surface area contributed by atoms with E-state index in [1.54, 1.807) is 60.9 Å². The van der Waals surface area contributed by atoms with Crippen LogP contribution in [0.2, 0.25) is 0 Å². The lowest BCUT2D eigenvalue weighted by Crippen LogP contribution is -2.70. The van der Waals surface area contributed by atoms with Gasteiger partial charge in [-0.2, -0.15) is 0 Å². The summed E-state index contributed by atoms with van der Waals surface area (Å²) in [5, 5.41) is 14.9. The Kier molecular flexibility index (Phi) is 11.6. The zero-order valence-electron chi connectivity index (χ0n) is 28.0. The molecule has 3 atom stereocenters. The molecule has 0 saturated carbocycles. The van der Waals surface area contributed by atoms with Crippen molar-refractivity contribution < 1.29 is 33.8 Å². The second-order valence-corrected chi connectivity index (χ2v) is 13.3. The van der Waals surface area contributed by atoms with Gasteiger partial charge in [-0.05, 0) is 53.3 Å². The second-order valence-electron chi connectivity index (χ2n) is 12.2. The Morgan fingerprint density at radius 2 is 1.56 bits per heavy atom. The summed E-state index contributed by atoms with van der Waals surface area (Å²) >= 11 is 1.36. The van der Waals surface area contributed by atoms with E-state index in [1.807, 2.05) is 66.7 Å². The number of hydrogen-bond acceptors (Lipinski definition) is 8. The second kappa shape index (κ2) is 16.8. The lowest BCUT2D eigenvalue weighted by Gasteiger charge is -2.49. The maximum Gasteiger partial charge on any atom is 0.352 e. The molecule has 1 saturated heterocycles. The Bertz CT molecular complexity index is 1930. The highest BCUT2D eigenvalue weighted by molar-refractivity contribution is 8.00. The number of carbonyl (C=O) groups is 5. The number of nitrogens with one attached hydrogen (secondary N) is 2. The number of nitrogens with zero attached hydrogens (tertiary/aromatic N) is 2. The average molecular weight is 717 g/mol. The summed E-state index contributed by atoms with van der Waals surface area (Å²) in [6, 6.07) is 28.7. The van der Waals surface area contributed by atoms with Gasteiger partial charge in [0.25, 0.3) is 11.8 Å². The van der Waals surface area contributed by atoms with Crippen molar-refractivity contribution in [2.24, 2.45) is 0 Å². The fourth-order valence-electron chi connectivity index (χ4n) is 6.02. The molecule has 0 radical (unpaired) electrons. The first-order valence-corrected chi connectivity index (χ1v) is 17.8. The third-order valence-electron chi connectivity index (χ3n) is 8.64. The van der Waals surface area contributed by atoms with Crippen LogP contribution in [0.5, 0.6) is 0 Å². The molecule has 0 spiro atoms. The standard InChI is InChI=1S/C40H36N4O7S/c45-32(43-33-37(47)44-34(39(48)49)30(25-52-38(33)44)22-21-26-12-11-23-41-24-26)20-10-19-31(42-36(46)29-17-8-3-9-18-29)40(50)51-35(27-13-4-1-5-14-27)28-15-6-2-7-16-28/h1-9,11-18,21-24,31,33,35,38H,10,19-20,25H2,(H,42,46)(H,43,45)(H,48,49)/t31?,33?,38-/m0/s1. The number of thioether (sulfide) groups is 1. The van der Waals surface area contributed by atoms with Crippen LogP contribution in [0.3, 0.4) is 0 Å². The molecule has 0 bridgehead atoms. The van der Waals surface area contributed by atoms with Gasteiger partial charge in [-0.3, -0.25) is 24.3 Å². The van der Waals surface area contributed by atoms with Crippen molar-refractivity contribution >= 4 is 47.5 Å². The van der Waals surface area contributed by atoms with Crippen LogP contribution in [0.15, 0.2) is 133 Å². The molecule has 2 unspecified atom stereocenters. The highest BCUT2D eigenvalue weighted by Crippen LogP contribution is 2.41. The normalized spacial score (nSPS) is 17.2. The van der Waals surface area contributed by atoms with Crippen LogP contribution in [0.1, 0.15) is 52.4 Å². The fourth-order valence-corrected chi connectivity index (χ4v) is 7.34. The Balaban J connectivity index is 1.10. The summed E-state index contributed by atoms with van der Waals surface area (Å²) in [5.41, 5.74) is 3.03. The minimum Gasteiger partial charge on any atom is -0.477 e. The maximum atomic E-state index is 13.8. The van der Waals surface area contributed by atoms with Gasteiger partial charge in [-0.15, -0.1) is 11.8 Å². The van der Waals surface area contributed by atoms with E-state index in [-0.39, 0.29) is 25.0 Å². The third kappa shape index (κ3) is 8.47. The first-order chi connectivity index (χ1) is 25.3. The van der Waals surface area contributed by atoms with Crippen LogP contribution in [0, 0.1) is 0 Å².